The zero-order valence-corrected chi connectivity index (χ0v) is 9.26. The van der Waals surface area contributed by atoms with E-state index in [2.05, 4.69) is 0 Å². The molecule has 1 saturated carbocycles. The summed E-state index contributed by atoms with van der Waals surface area (Å²) in [6.45, 7) is 1.10. The van der Waals surface area contributed by atoms with Gasteiger partial charge in [0.1, 0.15) is 0 Å². The zero-order valence-electron chi connectivity index (χ0n) is 9.26. The van der Waals surface area contributed by atoms with Crippen molar-refractivity contribution in [3.05, 3.63) is 0 Å². The van der Waals surface area contributed by atoms with Gasteiger partial charge in [-0.15, -0.1) is 0 Å². The van der Waals surface area contributed by atoms with E-state index in [1.807, 2.05) is 0 Å². The number of aliphatic hydroxyl groups is 1. The molecule has 3 N–H and O–H groups in total. The maximum absolute atomic E-state index is 12.9. The summed E-state index contributed by atoms with van der Waals surface area (Å²) >= 11 is 0. The summed E-state index contributed by atoms with van der Waals surface area (Å²) in [6, 6.07) is -0.175. The summed E-state index contributed by atoms with van der Waals surface area (Å²) in [7, 11) is 0. The van der Waals surface area contributed by atoms with Gasteiger partial charge in [0.05, 0.1) is 12.7 Å². The highest BCUT2D eigenvalue weighted by Gasteiger charge is 2.56. The summed E-state index contributed by atoms with van der Waals surface area (Å²) < 4.78 is 43.7. The van der Waals surface area contributed by atoms with Crippen LogP contribution in [0, 0.1) is 0 Å². The Balaban J connectivity index is 2.70. The average molecular weight is 241 g/mol. The van der Waals surface area contributed by atoms with E-state index < -0.39 is 17.9 Å². The Morgan fingerprint density at radius 3 is 2.31 bits per heavy atom. The minimum Gasteiger partial charge on any atom is -0.391 e. The van der Waals surface area contributed by atoms with Crippen LogP contribution in [0.5, 0.6) is 0 Å². The largest absolute Gasteiger partial charge is 0.417 e. The van der Waals surface area contributed by atoms with Crippen molar-refractivity contribution in [1.82, 2.24) is 0 Å². The van der Waals surface area contributed by atoms with Gasteiger partial charge in [0, 0.05) is 6.04 Å². The van der Waals surface area contributed by atoms with E-state index in [0.717, 1.165) is 0 Å². The van der Waals surface area contributed by atoms with Gasteiger partial charge in [0.15, 0.2) is 5.60 Å². The second kappa shape index (κ2) is 4.89. The predicted molar refractivity (Wildman–Crippen MR) is 52.9 cm³/mol. The SMILES string of the molecule is C[C@H](O)COC1(C(F)(F)F)CCC(N)CC1. The van der Waals surface area contributed by atoms with E-state index in [1.54, 1.807) is 0 Å². The predicted octanol–water partition coefficient (Wildman–Crippen LogP) is 1.59. The fourth-order valence-corrected chi connectivity index (χ4v) is 1.90. The standard InChI is InChI=1S/C10H18F3NO2/c1-7(15)6-16-9(10(11,12)13)4-2-8(14)3-5-9/h7-8,15H,2-6,14H2,1H3/t7-,8?,9?/m0/s1. The van der Waals surface area contributed by atoms with Gasteiger partial charge in [-0.05, 0) is 32.6 Å². The molecule has 16 heavy (non-hydrogen) atoms. The third-order valence-electron chi connectivity index (χ3n) is 2.96. The minimum absolute atomic E-state index is 0.121. The van der Waals surface area contributed by atoms with Crippen LogP contribution in [-0.4, -0.2) is 35.6 Å². The smallest absolute Gasteiger partial charge is 0.391 e. The molecule has 0 aromatic heterocycles. The number of ether oxygens (including phenoxy) is 1. The van der Waals surface area contributed by atoms with Crippen molar-refractivity contribution in [2.75, 3.05) is 6.61 Å². The maximum atomic E-state index is 12.9. The molecule has 1 rings (SSSR count). The molecule has 0 radical (unpaired) electrons. The first-order valence-electron chi connectivity index (χ1n) is 5.41. The third kappa shape index (κ3) is 3.09. The summed E-state index contributed by atoms with van der Waals surface area (Å²) in [6.07, 6.45) is -4.93. The van der Waals surface area contributed by atoms with Crippen LogP contribution >= 0.6 is 0 Å². The van der Waals surface area contributed by atoms with Gasteiger partial charge in [-0.3, -0.25) is 0 Å². The van der Waals surface area contributed by atoms with Crippen molar-refractivity contribution in [3.8, 4) is 0 Å². The molecule has 0 spiro atoms. The monoisotopic (exact) mass is 241 g/mol. The molecule has 1 aliphatic rings. The molecule has 0 unspecified atom stereocenters. The van der Waals surface area contributed by atoms with Crippen molar-refractivity contribution in [1.29, 1.82) is 0 Å². The first-order chi connectivity index (χ1) is 7.27. The number of aliphatic hydroxyl groups excluding tert-OH is 1. The molecule has 3 nitrogen and oxygen atoms in total. The molecule has 0 aliphatic heterocycles. The number of rotatable bonds is 3. The first kappa shape index (κ1) is 13.7. The maximum Gasteiger partial charge on any atom is 0.417 e. The van der Waals surface area contributed by atoms with Gasteiger partial charge >= 0.3 is 6.18 Å². The Hall–Kier alpha value is -0.330. The molecule has 0 aromatic rings. The first-order valence-corrected chi connectivity index (χ1v) is 5.41. The molecule has 1 fully saturated rings. The lowest BCUT2D eigenvalue weighted by Gasteiger charge is -2.40. The van der Waals surface area contributed by atoms with Gasteiger partial charge in [-0.2, -0.15) is 13.2 Å². The van der Waals surface area contributed by atoms with Crippen LogP contribution in [0.15, 0.2) is 0 Å². The van der Waals surface area contributed by atoms with Gasteiger partial charge in [-0.25, -0.2) is 0 Å². The van der Waals surface area contributed by atoms with Gasteiger partial charge in [-0.1, -0.05) is 0 Å². The normalized spacial score (nSPS) is 33.8. The van der Waals surface area contributed by atoms with Crippen molar-refractivity contribution < 1.29 is 23.0 Å². The third-order valence-corrected chi connectivity index (χ3v) is 2.96. The number of nitrogens with two attached hydrogens (primary N) is 1. The molecule has 1 aliphatic carbocycles. The van der Waals surface area contributed by atoms with E-state index in [0.29, 0.717) is 12.8 Å². The van der Waals surface area contributed by atoms with Crippen molar-refractivity contribution in [2.24, 2.45) is 5.73 Å². The van der Waals surface area contributed by atoms with Crippen molar-refractivity contribution >= 4 is 0 Å². The summed E-state index contributed by atoms with van der Waals surface area (Å²) in [5, 5.41) is 9.00. The van der Waals surface area contributed by atoms with E-state index in [-0.39, 0.29) is 25.5 Å². The van der Waals surface area contributed by atoms with E-state index in [4.69, 9.17) is 15.6 Å². The highest BCUT2D eigenvalue weighted by atomic mass is 19.4. The molecule has 1 atom stereocenters. The Morgan fingerprint density at radius 2 is 1.94 bits per heavy atom. The van der Waals surface area contributed by atoms with Crippen LogP contribution < -0.4 is 5.73 Å². The molecular weight excluding hydrogens is 223 g/mol. The molecule has 0 bridgehead atoms. The molecule has 0 amide bonds. The summed E-state index contributed by atoms with van der Waals surface area (Å²) in [5.74, 6) is 0. The Labute approximate surface area is 92.8 Å². The van der Waals surface area contributed by atoms with Gasteiger partial charge in [0.25, 0.3) is 0 Å². The number of alkyl halides is 3. The van der Waals surface area contributed by atoms with Crippen LogP contribution in [-0.2, 0) is 4.74 Å². The Bertz CT molecular complexity index is 223. The van der Waals surface area contributed by atoms with Crippen LogP contribution in [0.1, 0.15) is 32.6 Å². The van der Waals surface area contributed by atoms with Gasteiger partial charge < -0.3 is 15.6 Å². The van der Waals surface area contributed by atoms with E-state index in [1.165, 1.54) is 6.92 Å². The van der Waals surface area contributed by atoms with Crippen molar-refractivity contribution in [2.45, 2.75) is 56.5 Å². The zero-order chi connectivity index (χ0) is 12.4. The van der Waals surface area contributed by atoms with Crippen LogP contribution in [0.2, 0.25) is 0 Å². The molecule has 0 aromatic carbocycles. The van der Waals surface area contributed by atoms with Crippen LogP contribution in [0.25, 0.3) is 0 Å². The lowest BCUT2D eigenvalue weighted by molar-refractivity contribution is -0.292. The fourth-order valence-electron chi connectivity index (χ4n) is 1.90. The van der Waals surface area contributed by atoms with Crippen LogP contribution in [0.3, 0.4) is 0 Å². The Morgan fingerprint density at radius 1 is 1.44 bits per heavy atom. The topological polar surface area (TPSA) is 55.5 Å². The average Bonchev–Trinajstić information content (AvgIpc) is 2.15. The van der Waals surface area contributed by atoms with E-state index in [9.17, 15) is 13.2 Å². The van der Waals surface area contributed by atoms with Crippen LogP contribution in [0.4, 0.5) is 13.2 Å². The highest BCUT2D eigenvalue weighted by Crippen LogP contribution is 2.44. The molecule has 0 saturated heterocycles. The van der Waals surface area contributed by atoms with Crippen molar-refractivity contribution in [3.63, 3.8) is 0 Å². The summed E-state index contributed by atoms with van der Waals surface area (Å²) in [4.78, 5) is 0. The highest BCUT2D eigenvalue weighted by molar-refractivity contribution is 4.94. The van der Waals surface area contributed by atoms with Gasteiger partial charge in [0.2, 0.25) is 0 Å². The van der Waals surface area contributed by atoms with E-state index >= 15 is 0 Å². The number of hydrogen-bond acceptors (Lipinski definition) is 3. The molecule has 6 heteroatoms. The molecule has 96 valence electrons. The minimum atomic E-state index is -4.40. The molecular formula is C10H18F3NO2. The molecule has 0 heterocycles. The fraction of sp³-hybridized carbons (Fsp3) is 1.00. The summed E-state index contributed by atoms with van der Waals surface area (Å²) in [5.41, 5.74) is 3.47. The number of halogens is 3. The Kier molecular flexibility index (Phi) is 4.20. The lowest BCUT2D eigenvalue weighted by atomic mass is 9.81. The second-order valence-corrected chi connectivity index (χ2v) is 4.49. The second-order valence-electron chi connectivity index (χ2n) is 4.49. The quantitative estimate of drug-likeness (QED) is 0.788. The number of hydrogen-bond donors (Lipinski definition) is 2. The lowest BCUT2D eigenvalue weighted by Crippen LogP contribution is -2.52.